The minimum Gasteiger partial charge on any atom is -0.458 e. The van der Waals surface area contributed by atoms with Gasteiger partial charge in [-0.1, -0.05) is 0 Å². The summed E-state index contributed by atoms with van der Waals surface area (Å²) in [6.07, 6.45) is -9.29. The maximum absolute atomic E-state index is 13.5. The minimum absolute atomic E-state index is 0.203. The second kappa shape index (κ2) is 8.72. The van der Waals surface area contributed by atoms with E-state index in [9.17, 15) is 31.9 Å². The molecule has 0 unspecified atom stereocenters. The number of ether oxygens (including phenoxy) is 3. The molecule has 1 aliphatic rings. The minimum atomic E-state index is -4.76. The first-order valence-electron chi connectivity index (χ1n) is 9.27. The highest BCUT2D eigenvalue weighted by atomic mass is 19.4. The molecule has 2 aromatic heterocycles. The van der Waals surface area contributed by atoms with Gasteiger partial charge in [0.2, 0.25) is 5.95 Å². The topological polar surface area (TPSA) is 141 Å². The first kappa shape index (κ1) is 23.4. The highest BCUT2D eigenvalue weighted by molar-refractivity contribution is 5.72. The third kappa shape index (κ3) is 4.81. The van der Waals surface area contributed by atoms with E-state index in [0.717, 1.165) is 24.6 Å². The average Bonchev–Trinajstić information content (AvgIpc) is 3.16. The molecule has 0 aliphatic carbocycles. The molecule has 2 N–H and O–H groups in total. The number of anilines is 1. The molecule has 0 amide bonds. The van der Waals surface area contributed by atoms with Crippen LogP contribution in [0.15, 0.2) is 11.0 Å². The lowest BCUT2D eigenvalue weighted by Crippen LogP contribution is -2.36. The summed E-state index contributed by atoms with van der Waals surface area (Å²) in [5.74, 6) is -1.92. The van der Waals surface area contributed by atoms with E-state index in [0.29, 0.717) is 4.57 Å². The summed E-state index contributed by atoms with van der Waals surface area (Å²) in [6, 6.07) is 0. The number of imidazole rings is 1. The molecule has 3 rings (SSSR count). The van der Waals surface area contributed by atoms with E-state index in [1.165, 1.54) is 0 Å². The van der Waals surface area contributed by atoms with Crippen molar-refractivity contribution in [3.05, 3.63) is 16.7 Å². The van der Waals surface area contributed by atoms with Crippen LogP contribution >= 0.6 is 0 Å². The fourth-order valence-corrected chi connectivity index (χ4v) is 3.51. The van der Waals surface area contributed by atoms with Crippen molar-refractivity contribution in [2.24, 2.45) is 0 Å². The first-order valence-corrected chi connectivity index (χ1v) is 9.27. The van der Waals surface area contributed by atoms with Crippen LogP contribution in [0.25, 0.3) is 11.2 Å². The van der Waals surface area contributed by atoms with E-state index >= 15 is 0 Å². The highest BCUT2D eigenvalue weighted by Crippen LogP contribution is 2.35. The lowest BCUT2D eigenvalue weighted by Gasteiger charge is -2.21. The Hall–Kier alpha value is -3.23. The maximum Gasteiger partial charge on any atom is 0.406 e. The smallest absolute Gasteiger partial charge is 0.406 e. The third-order valence-corrected chi connectivity index (χ3v) is 4.61. The zero-order valence-electron chi connectivity index (χ0n) is 16.8. The van der Waals surface area contributed by atoms with Gasteiger partial charge in [-0.3, -0.25) is 14.2 Å². The predicted octanol–water partition coefficient (Wildman–Crippen LogP) is 0.858. The van der Waals surface area contributed by atoms with Crippen molar-refractivity contribution in [1.29, 1.82) is 0 Å². The fraction of sp³-hybridized carbons (Fsp3) is 0.588. The van der Waals surface area contributed by atoms with Crippen LogP contribution < -0.4 is 11.4 Å². The van der Waals surface area contributed by atoms with E-state index < -0.39 is 61.6 Å². The van der Waals surface area contributed by atoms with Gasteiger partial charge in [0, 0.05) is 20.3 Å². The monoisotopic (exact) mass is 465 g/mol. The molecule has 32 heavy (non-hydrogen) atoms. The number of aromatic nitrogens is 4. The molecule has 0 aromatic carbocycles. The Balaban J connectivity index is 2.12. The molecule has 1 fully saturated rings. The van der Waals surface area contributed by atoms with Crippen LogP contribution in [0, 0.1) is 0 Å². The Morgan fingerprint density at radius 1 is 1.34 bits per heavy atom. The number of nitrogens with two attached hydrogens (primary N) is 1. The number of carbonyl (C=O) groups excluding carboxylic acids is 2. The summed E-state index contributed by atoms with van der Waals surface area (Å²) in [5, 5.41) is 0. The van der Waals surface area contributed by atoms with Crippen molar-refractivity contribution in [2.45, 2.75) is 57.5 Å². The molecule has 15 heteroatoms. The molecular formula is C17H19F4N5O6. The quantitative estimate of drug-likeness (QED) is 0.486. The van der Waals surface area contributed by atoms with Crippen LogP contribution in [0.1, 0.15) is 26.5 Å². The van der Waals surface area contributed by atoms with E-state index in [4.69, 9.17) is 19.9 Å². The number of esters is 2. The molecule has 0 bridgehead atoms. The second-order valence-corrected chi connectivity index (χ2v) is 7.04. The standard InChI is InChI=1S/C17H19F4N5O6/c1-7(27)30-11-3-10(12(4-18)31-8(2)28)32-14(11)26-13-9(5-23-15(22)24-13)25(16(26)29)6-17(19,20)21/h5,10-12,14H,3-4,6H2,1-2H3,(H2,22,23,24)/t10-,11+,12-,14+/m0/s1. The maximum atomic E-state index is 13.5. The molecule has 0 spiro atoms. The van der Waals surface area contributed by atoms with E-state index in [1.807, 2.05) is 0 Å². The van der Waals surface area contributed by atoms with E-state index in [2.05, 4.69) is 9.97 Å². The molecular weight excluding hydrogens is 446 g/mol. The molecule has 1 aliphatic heterocycles. The fourth-order valence-electron chi connectivity index (χ4n) is 3.51. The summed E-state index contributed by atoms with van der Waals surface area (Å²) >= 11 is 0. The normalized spacial score (nSPS) is 22.1. The highest BCUT2D eigenvalue weighted by Gasteiger charge is 2.45. The van der Waals surface area contributed by atoms with Crippen LogP contribution in [-0.4, -0.2) is 62.2 Å². The zero-order valence-corrected chi connectivity index (χ0v) is 16.8. The number of carbonyl (C=O) groups is 2. The number of hydrogen-bond donors (Lipinski definition) is 1. The van der Waals surface area contributed by atoms with Crippen LogP contribution in [0.3, 0.4) is 0 Å². The van der Waals surface area contributed by atoms with Crippen LogP contribution in [0.5, 0.6) is 0 Å². The van der Waals surface area contributed by atoms with Crippen LogP contribution in [0.2, 0.25) is 0 Å². The van der Waals surface area contributed by atoms with Crippen molar-refractivity contribution in [3.63, 3.8) is 0 Å². The number of rotatable bonds is 6. The SMILES string of the molecule is CC(=O)O[C@@H](CF)[C@@H]1C[C@@H](OC(C)=O)[C@H](n2c(=O)n(CC(F)(F)F)c3cnc(N)nc32)O1. The molecule has 176 valence electrons. The molecule has 0 saturated carbocycles. The molecule has 11 nitrogen and oxygen atoms in total. The van der Waals surface area contributed by atoms with Gasteiger partial charge < -0.3 is 19.9 Å². The van der Waals surface area contributed by atoms with Gasteiger partial charge in [0.15, 0.2) is 18.0 Å². The number of alkyl halides is 4. The van der Waals surface area contributed by atoms with Crippen LogP contribution in [-0.2, 0) is 30.3 Å². The van der Waals surface area contributed by atoms with Crippen molar-refractivity contribution in [1.82, 2.24) is 19.1 Å². The Morgan fingerprint density at radius 2 is 2.03 bits per heavy atom. The Labute approximate surface area is 177 Å². The van der Waals surface area contributed by atoms with E-state index in [1.54, 1.807) is 0 Å². The van der Waals surface area contributed by atoms with Crippen molar-refractivity contribution >= 4 is 29.1 Å². The molecule has 0 radical (unpaired) electrons. The number of nitrogen functional groups attached to an aromatic ring is 1. The van der Waals surface area contributed by atoms with Crippen molar-refractivity contribution in [2.75, 3.05) is 12.4 Å². The van der Waals surface area contributed by atoms with Gasteiger partial charge in [0.1, 0.15) is 30.9 Å². The van der Waals surface area contributed by atoms with Gasteiger partial charge >= 0.3 is 23.8 Å². The Morgan fingerprint density at radius 3 is 2.59 bits per heavy atom. The molecule has 3 heterocycles. The molecule has 2 aromatic rings. The number of fused-ring (bicyclic) bond motifs is 1. The Bertz CT molecular complexity index is 1080. The molecule has 4 atom stereocenters. The summed E-state index contributed by atoms with van der Waals surface area (Å²) in [4.78, 5) is 43.3. The van der Waals surface area contributed by atoms with Gasteiger partial charge in [-0.15, -0.1) is 0 Å². The number of nitrogens with zero attached hydrogens (tertiary/aromatic N) is 4. The van der Waals surface area contributed by atoms with Crippen molar-refractivity contribution < 1.29 is 41.4 Å². The lowest BCUT2D eigenvalue weighted by molar-refractivity contribution is -0.159. The van der Waals surface area contributed by atoms with Gasteiger partial charge in [0.25, 0.3) is 0 Å². The summed E-state index contributed by atoms with van der Waals surface area (Å²) in [7, 11) is 0. The van der Waals surface area contributed by atoms with Gasteiger partial charge in [-0.2, -0.15) is 18.2 Å². The lowest BCUT2D eigenvalue weighted by atomic mass is 10.1. The average molecular weight is 465 g/mol. The number of hydrogen-bond acceptors (Lipinski definition) is 9. The second-order valence-electron chi connectivity index (χ2n) is 7.04. The largest absolute Gasteiger partial charge is 0.458 e. The van der Waals surface area contributed by atoms with Crippen LogP contribution in [0.4, 0.5) is 23.5 Å². The third-order valence-electron chi connectivity index (χ3n) is 4.61. The van der Waals surface area contributed by atoms with Gasteiger partial charge in [-0.05, 0) is 0 Å². The predicted molar refractivity (Wildman–Crippen MR) is 97.9 cm³/mol. The van der Waals surface area contributed by atoms with Crippen molar-refractivity contribution in [3.8, 4) is 0 Å². The summed E-state index contributed by atoms with van der Waals surface area (Å²) < 4.78 is 69.5. The first-order chi connectivity index (χ1) is 14.9. The number of halogens is 4. The summed E-state index contributed by atoms with van der Waals surface area (Å²) in [5.41, 5.74) is 3.75. The zero-order chi connectivity index (χ0) is 23.8. The summed E-state index contributed by atoms with van der Waals surface area (Å²) in [6.45, 7) is -0.687. The van der Waals surface area contributed by atoms with Gasteiger partial charge in [0.05, 0.1) is 6.20 Å². The van der Waals surface area contributed by atoms with E-state index in [-0.39, 0.29) is 23.5 Å². The van der Waals surface area contributed by atoms with Gasteiger partial charge in [-0.25, -0.2) is 18.7 Å². The Kier molecular flexibility index (Phi) is 6.39. The molecule has 1 saturated heterocycles.